The molecule has 0 spiro atoms. The molecule has 3 aromatic rings. The Bertz CT molecular complexity index is 1250. The molecular formula is C23H26N4O6S. The summed E-state index contributed by atoms with van der Waals surface area (Å²) in [5.41, 5.74) is 1.75. The quantitative estimate of drug-likeness (QED) is 0.401. The van der Waals surface area contributed by atoms with Gasteiger partial charge in [-0.2, -0.15) is 0 Å². The van der Waals surface area contributed by atoms with E-state index in [1.54, 1.807) is 13.4 Å². The summed E-state index contributed by atoms with van der Waals surface area (Å²) in [6.45, 7) is 0.296. The maximum atomic E-state index is 12.5. The van der Waals surface area contributed by atoms with Crippen molar-refractivity contribution in [1.82, 2.24) is 15.0 Å². The first-order chi connectivity index (χ1) is 16.4. The van der Waals surface area contributed by atoms with Gasteiger partial charge < -0.3 is 24.5 Å². The third-order valence-corrected chi connectivity index (χ3v) is 6.70. The number of methoxy groups -OCH3 is 2. The van der Waals surface area contributed by atoms with Crippen molar-refractivity contribution in [2.24, 2.45) is 0 Å². The van der Waals surface area contributed by atoms with E-state index in [-0.39, 0.29) is 16.6 Å². The number of carbonyl (C=O) groups excluding carboxylic acids is 1. The van der Waals surface area contributed by atoms with Gasteiger partial charge in [0.25, 0.3) is 0 Å². The van der Waals surface area contributed by atoms with Gasteiger partial charge in [0.05, 0.1) is 30.5 Å². The molecule has 0 aliphatic heterocycles. The van der Waals surface area contributed by atoms with E-state index in [1.807, 2.05) is 24.3 Å². The number of hydrogen-bond acceptors (Lipinski definition) is 7. The molecule has 1 aliphatic carbocycles. The first-order valence-electron chi connectivity index (χ1n) is 10.7. The SMILES string of the molecule is COc1ccc(-c2nc(CCNC(=O)Nc3cc(S(=O)(=O)NC4CC4)ccc3OC)co2)cc1. The molecule has 180 valence electrons. The average molecular weight is 487 g/mol. The summed E-state index contributed by atoms with van der Waals surface area (Å²) >= 11 is 0. The van der Waals surface area contributed by atoms with Crippen molar-refractivity contribution in [3.63, 3.8) is 0 Å². The number of hydrogen-bond donors (Lipinski definition) is 3. The standard InChI is InChI=1S/C23H26N4O6S/c1-31-18-7-3-15(4-8-18)22-25-17(14-33-22)11-12-24-23(28)26-20-13-19(9-10-21(20)32-2)34(29,30)27-16-5-6-16/h3-4,7-10,13-14,16,27H,5-6,11-12H2,1-2H3,(H2,24,26,28). The summed E-state index contributed by atoms with van der Waals surface area (Å²) in [6, 6.07) is 11.1. The number of amides is 2. The normalized spacial score (nSPS) is 13.4. The monoisotopic (exact) mass is 486 g/mol. The van der Waals surface area contributed by atoms with Crippen molar-refractivity contribution in [3.8, 4) is 23.0 Å². The molecule has 2 amide bonds. The van der Waals surface area contributed by atoms with E-state index in [0.29, 0.717) is 30.3 Å². The zero-order valence-electron chi connectivity index (χ0n) is 18.8. The molecule has 0 unspecified atom stereocenters. The first kappa shape index (κ1) is 23.6. The predicted octanol–water partition coefficient (Wildman–Crippen LogP) is 3.16. The van der Waals surface area contributed by atoms with Crippen LogP contribution in [0, 0.1) is 0 Å². The first-order valence-corrected chi connectivity index (χ1v) is 12.2. The van der Waals surface area contributed by atoms with E-state index in [0.717, 1.165) is 24.2 Å². The van der Waals surface area contributed by atoms with Crippen molar-refractivity contribution < 1.29 is 27.1 Å². The topological polar surface area (TPSA) is 132 Å². The van der Waals surface area contributed by atoms with Gasteiger partial charge >= 0.3 is 6.03 Å². The van der Waals surface area contributed by atoms with Crippen LogP contribution in [-0.4, -0.2) is 46.2 Å². The number of anilines is 1. The molecule has 11 heteroatoms. The molecule has 3 N–H and O–H groups in total. The van der Waals surface area contributed by atoms with E-state index in [1.165, 1.54) is 25.3 Å². The summed E-state index contributed by atoms with van der Waals surface area (Å²) < 4.78 is 43.5. The highest BCUT2D eigenvalue weighted by Gasteiger charge is 2.28. The van der Waals surface area contributed by atoms with Crippen LogP contribution >= 0.6 is 0 Å². The predicted molar refractivity (Wildman–Crippen MR) is 126 cm³/mol. The van der Waals surface area contributed by atoms with Crippen LogP contribution < -0.4 is 24.8 Å². The molecule has 34 heavy (non-hydrogen) atoms. The molecule has 1 fully saturated rings. The summed E-state index contributed by atoms with van der Waals surface area (Å²) in [6.07, 6.45) is 3.65. The third kappa shape index (κ3) is 5.86. The van der Waals surface area contributed by atoms with Crippen molar-refractivity contribution in [2.45, 2.75) is 30.2 Å². The van der Waals surface area contributed by atoms with Crippen LogP contribution in [0.2, 0.25) is 0 Å². The van der Waals surface area contributed by atoms with Crippen molar-refractivity contribution in [3.05, 3.63) is 54.4 Å². The number of rotatable bonds is 10. The third-order valence-electron chi connectivity index (χ3n) is 5.18. The van der Waals surface area contributed by atoms with E-state index in [4.69, 9.17) is 13.9 Å². The number of oxazole rings is 1. The number of nitrogens with zero attached hydrogens (tertiary/aromatic N) is 1. The second-order valence-electron chi connectivity index (χ2n) is 7.76. The second kappa shape index (κ2) is 10.1. The molecular weight excluding hydrogens is 460 g/mol. The highest BCUT2D eigenvalue weighted by Crippen LogP contribution is 2.29. The van der Waals surface area contributed by atoms with Crippen molar-refractivity contribution in [1.29, 1.82) is 0 Å². The summed E-state index contributed by atoms with van der Waals surface area (Å²) in [5.74, 6) is 1.57. The van der Waals surface area contributed by atoms with Gasteiger partial charge in [0, 0.05) is 24.6 Å². The molecule has 0 saturated heterocycles. The molecule has 1 saturated carbocycles. The Morgan fingerprint density at radius 2 is 1.88 bits per heavy atom. The fourth-order valence-corrected chi connectivity index (χ4v) is 4.53. The molecule has 1 aromatic heterocycles. The number of aromatic nitrogens is 1. The lowest BCUT2D eigenvalue weighted by Crippen LogP contribution is -2.31. The van der Waals surface area contributed by atoms with E-state index >= 15 is 0 Å². The van der Waals surface area contributed by atoms with E-state index < -0.39 is 16.1 Å². The van der Waals surface area contributed by atoms with Gasteiger partial charge in [0.1, 0.15) is 17.8 Å². The van der Waals surface area contributed by atoms with Crippen LogP contribution in [0.15, 0.2) is 58.0 Å². The fourth-order valence-electron chi connectivity index (χ4n) is 3.20. The molecule has 10 nitrogen and oxygen atoms in total. The zero-order valence-corrected chi connectivity index (χ0v) is 19.6. The number of urea groups is 1. The minimum atomic E-state index is -3.66. The molecule has 4 rings (SSSR count). The Hall–Kier alpha value is -3.57. The Kier molecular flexibility index (Phi) is 7.03. The number of carbonyl (C=O) groups is 1. The van der Waals surface area contributed by atoms with E-state index in [2.05, 4.69) is 20.3 Å². The summed E-state index contributed by atoms with van der Waals surface area (Å²) in [5, 5.41) is 5.37. The van der Waals surface area contributed by atoms with Crippen LogP contribution in [-0.2, 0) is 16.4 Å². The fraction of sp³-hybridized carbons (Fsp3) is 0.304. The van der Waals surface area contributed by atoms with Gasteiger partial charge in [-0.25, -0.2) is 22.9 Å². The highest BCUT2D eigenvalue weighted by molar-refractivity contribution is 7.89. The van der Waals surface area contributed by atoms with Crippen LogP contribution in [0.5, 0.6) is 11.5 Å². The lowest BCUT2D eigenvalue weighted by atomic mass is 10.2. The van der Waals surface area contributed by atoms with Gasteiger partial charge in [0.15, 0.2) is 0 Å². The number of ether oxygens (including phenoxy) is 2. The molecule has 0 bridgehead atoms. The molecule has 0 radical (unpaired) electrons. The smallest absolute Gasteiger partial charge is 0.319 e. The van der Waals surface area contributed by atoms with Crippen molar-refractivity contribution >= 4 is 21.7 Å². The van der Waals surface area contributed by atoms with Gasteiger partial charge in [0.2, 0.25) is 15.9 Å². The molecule has 2 aromatic carbocycles. The minimum Gasteiger partial charge on any atom is -0.497 e. The minimum absolute atomic E-state index is 0.0198. The highest BCUT2D eigenvalue weighted by atomic mass is 32.2. The lowest BCUT2D eigenvalue weighted by Gasteiger charge is -2.13. The zero-order chi connectivity index (χ0) is 24.1. The molecule has 0 atom stereocenters. The maximum absolute atomic E-state index is 12.5. The lowest BCUT2D eigenvalue weighted by molar-refractivity contribution is 0.252. The average Bonchev–Trinajstić information content (AvgIpc) is 3.51. The molecule has 1 heterocycles. The second-order valence-corrected chi connectivity index (χ2v) is 9.48. The van der Waals surface area contributed by atoms with Crippen LogP contribution in [0.3, 0.4) is 0 Å². The maximum Gasteiger partial charge on any atom is 0.319 e. The number of sulfonamides is 1. The van der Waals surface area contributed by atoms with Gasteiger partial charge in [-0.05, 0) is 55.3 Å². The van der Waals surface area contributed by atoms with Gasteiger partial charge in [-0.3, -0.25) is 0 Å². The Morgan fingerprint density at radius 3 is 2.56 bits per heavy atom. The largest absolute Gasteiger partial charge is 0.497 e. The van der Waals surface area contributed by atoms with Crippen LogP contribution in [0.25, 0.3) is 11.5 Å². The summed E-state index contributed by atoms with van der Waals surface area (Å²) in [7, 11) is -0.617. The Morgan fingerprint density at radius 1 is 1.12 bits per heavy atom. The van der Waals surface area contributed by atoms with Crippen LogP contribution in [0.4, 0.5) is 10.5 Å². The molecule has 1 aliphatic rings. The van der Waals surface area contributed by atoms with Crippen LogP contribution in [0.1, 0.15) is 18.5 Å². The Balaban J connectivity index is 1.33. The number of nitrogens with one attached hydrogen (secondary N) is 3. The number of benzene rings is 2. The Labute approximate surface area is 197 Å². The summed E-state index contributed by atoms with van der Waals surface area (Å²) in [4.78, 5) is 16.9. The van der Waals surface area contributed by atoms with Gasteiger partial charge in [-0.1, -0.05) is 0 Å². The van der Waals surface area contributed by atoms with Gasteiger partial charge in [-0.15, -0.1) is 0 Å². The van der Waals surface area contributed by atoms with E-state index in [9.17, 15) is 13.2 Å². The van der Waals surface area contributed by atoms with Crippen molar-refractivity contribution in [2.75, 3.05) is 26.1 Å².